The van der Waals surface area contributed by atoms with Crippen molar-refractivity contribution in [2.75, 3.05) is 39.3 Å². The molecule has 0 spiro atoms. The topological polar surface area (TPSA) is 52.6 Å². The minimum atomic E-state index is -0.180. The summed E-state index contributed by atoms with van der Waals surface area (Å²) in [5, 5.41) is 3.36. The molecule has 1 aromatic rings. The summed E-state index contributed by atoms with van der Waals surface area (Å²) in [6, 6.07) is 6.69. The number of hydrogen-bond acceptors (Lipinski definition) is 3. The van der Waals surface area contributed by atoms with E-state index in [2.05, 4.69) is 17.1 Å². The summed E-state index contributed by atoms with van der Waals surface area (Å²) in [6.07, 6.45) is 0.339. The summed E-state index contributed by atoms with van der Waals surface area (Å²) in [5.41, 5.74) is 0.549. The quantitative estimate of drug-likeness (QED) is 0.896. The molecule has 1 N–H and O–H groups in total. The number of likely N-dealkylation sites (N-methyl/N-ethyl adjacent to an activating group) is 1. The molecule has 2 amide bonds. The van der Waals surface area contributed by atoms with Crippen LogP contribution in [0.5, 0.6) is 0 Å². The minimum absolute atomic E-state index is 0.104. The molecular formula is C16H22ClN3O2. The zero-order valence-corrected chi connectivity index (χ0v) is 13.6. The van der Waals surface area contributed by atoms with E-state index in [1.165, 1.54) is 0 Å². The molecule has 1 saturated heterocycles. The lowest BCUT2D eigenvalue weighted by Crippen LogP contribution is -2.49. The maximum atomic E-state index is 12.1. The van der Waals surface area contributed by atoms with Crippen LogP contribution < -0.4 is 5.32 Å². The van der Waals surface area contributed by atoms with Crippen LogP contribution in [0.15, 0.2) is 24.3 Å². The van der Waals surface area contributed by atoms with Crippen molar-refractivity contribution < 1.29 is 9.59 Å². The molecule has 6 heteroatoms. The largest absolute Gasteiger partial charge is 0.352 e. The van der Waals surface area contributed by atoms with E-state index in [-0.39, 0.29) is 11.8 Å². The lowest BCUT2D eigenvalue weighted by molar-refractivity contribution is -0.132. The highest BCUT2D eigenvalue weighted by Crippen LogP contribution is 2.09. The van der Waals surface area contributed by atoms with E-state index in [4.69, 9.17) is 11.6 Å². The van der Waals surface area contributed by atoms with Crippen molar-refractivity contribution in [3.05, 3.63) is 34.9 Å². The number of amides is 2. The Morgan fingerprint density at radius 1 is 1.14 bits per heavy atom. The number of nitrogens with one attached hydrogen (secondary N) is 1. The van der Waals surface area contributed by atoms with Crippen LogP contribution in [0.2, 0.25) is 5.02 Å². The average Bonchev–Trinajstić information content (AvgIpc) is 2.55. The van der Waals surface area contributed by atoms with Gasteiger partial charge >= 0.3 is 0 Å². The third-order valence-electron chi connectivity index (χ3n) is 3.90. The van der Waals surface area contributed by atoms with Crippen LogP contribution in [0.1, 0.15) is 23.7 Å². The first kappa shape index (κ1) is 16.8. The highest BCUT2D eigenvalue weighted by molar-refractivity contribution is 6.30. The number of rotatable bonds is 5. The first-order valence-corrected chi connectivity index (χ1v) is 8.02. The van der Waals surface area contributed by atoms with Gasteiger partial charge < -0.3 is 15.1 Å². The molecule has 0 aromatic heterocycles. The van der Waals surface area contributed by atoms with Crippen LogP contribution in [-0.2, 0) is 4.79 Å². The van der Waals surface area contributed by atoms with Gasteiger partial charge in [-0.1, -0.05) is 18.5 Å². The molecule has 0 radical (unpaired) electrons. The summed E-state index contributed by atoms with van der Waals surface area (Å²) in [5.74, 6) is -0.0765. The van der Waals surface area contributed by atoms with E-state index in [9.17, 15) is 9.59 Å². The number of carbonyl (C=O) groups is 2. The van der Waals surface area contributed by atoms with E-state index < -0.39 is 0 Å². The lowest BCUT2D eigenvalue weighted by atomic mass is 10.2. The molecule has 1 fully saturated rings. The van der Waals surface area contributed by atoms with Gasteiger partial charge in [-0.3, -0.25) is 9.59 Å². The fourth-order valence-electron chi connectivity index (χ4n) is 2.46. The number of piperazine rings is 1. The fraction of sp³-hybridized carbons (Fsp3) is 0.500. The molecule has 1 heterocycles. The zero-order valence-electron chi connectivity index (χ0n) is 12.8. The smallest absolute Gasteiger partial charge is 0.251 e. The molecule has 0 atom stereocenters. The van der Waals surface area contributed by atoms with Gasteiger partial charge in [0.2, 0.25) is 5.91 Å². The van der Waals surface area contributed by atoms with Gasteiger partial charge in [-0.05, 0) is 30.8 Å². The second kappa shape index (κ2) is 8.15. The molecule has 22 heavy (non-hydrogen) atoms. The summed E-state index contributed by atoms with van der Waals surface area (Å²) in [6.45, 7) is 6.92. The highest BCUT2D eigenvalue weighted by atomic mass is 35.5. The molecule has 5 nitrogen and oxygen atoms in total. The van der Waals surface area contributed by atoms with Crippen molar-refractivity contribution in [2.24, 2.45) is 0 Å². The van der Waals surface area contributed by atoms with Gasteiger partial charge in [0.15, 0.2) is 0 Å². The van der Waals surface area contributed by atoms with E-state index >= 15 is 0 Å². The van der Waals surface area contributed by atoms with E-state index in [1.807, 2.05) is 4.90 Å². The van der Waals surface area contributed by atoms with E-state index in [0.717, 1.165) is 32.7 Å². The number of nitrogens with zero attached hydrogens (tertiary/aromatic N) is 2. The number of halogens is 1. The fourth-order valence-corrected chi connectivity index (χ4v) is 2.58. The Hall–Kier alpha value is -1.59. The Morgan fingerprint density at radius 2 is 1.77 bits per heavy atom. The maximum absolute atomic E-state index is 12.1. The first-order valence-electron chi connectivity index (χ1n) is 7.64. The average molecular weight is 324 g/mol. The van der Waals surface area contributed by atoms with Crippen molar-refractivity contribution in [2.45, 2.75) is 13.3 Å². The Bertz CT molecular complexity index is 511. The predicted molar refractivity (Wildman–Crippen MR) is 87.1 cm³/mol. The van der Waals surface area contributed by atoms with Gasteiger partial charge in [-0.2, -0.15) is 0 Å². The maximum Gasteiger partial charge on any atom is 0.251 e. The molecule has 0 saturated carbocycles. The van der Waals surface area contributed by atoms with Crippen molar-refractivity contribution in [1.82, 2.24) is 15.1 Å². The monoisotopic (exact) mass is 323 g/mol. The van der Waals surface area contributed by atoms with Crippen LogP contribution in [0.4, 0.5) is 0 Å². The molecular weight excluding hydrogens is 302 g/mol. The van der Waals surface area contributed by atoms with Crippen LogP contribution >= 0.6 is 11.6 Å². The predicted octanol–water partition coefficient (Wildman–Crippen LogP) is 1.62. The normalized spacial score (nSPS) is 15.6. The van der Waals surface area contributed by atoms with Gasteiger partial charge in [-0.25, -0.2) is 0 Å². The molecule has 0 aliphatic carbocycles. The van der Waals surface area contributed by atoms with Gasteiger partial charge in [0, 0.05) is 49.7 Å². The van der Waals surface area contributed by atoms with Crippen molar-refractivity contribution >= 4 is 23.4 Å². The molecule has 0 bridgehead atoms. The molecule has 2 rings (SSSR count). The van der Waals surface area contributed by atoms with Crippen LogP contribution in [0.3, 0.4) is 0 Å². The van der Waals surface area contributed by atoms with Gasteiger partial charge in [0.25, 0.3) is 5.91 Å². The summed E-state index contributed by atoms with van der Waals surface area (Å²) >= 11 is 5.78. The third-order valence-corrected chi connectivity index (χ3v) is 4.16. The van der Waals surface area contributed by atoms with Gasteiger partial charge in [0.05, 0.1) is 0 Å². The van der Waals surface area contributed by atoms with Crippen molar-refractivity contribution in [3.63, 3.8) is 0 Å². The SMILES string of the molecule is CCN1CCN(C(=O)CCNC(=O)c2ccc(Cl)cc2)CC1. The zero-order chi connectivity index (χ0) is 15.9. The molecule has 1 aliphatic rings. The summed E-state index contributed by atoms with van der Waals surface area (Å²) in [7, 11) is 0. The van der Waals surface area contributed by atoms with Crippen LogP contribution in [0, 0.1) is 0 Å². The second-order valence-corrected chi connectivity index (χ2v) is 5.76. The molecule has 120 valence electrons. The van der Waals surface area contributed by atoms with Crippen molar-refractivity contribution in [1.29, 1.82) is 0 Å². The number of carbonyl (C=O) groups excluding carboxylic acids is 2. The van der Waals surface area contributed by atoms with Gasteiger partial charge in [0.1, 0.15) is 0 Å². The number of benzene rings is 1. The second-order valence-electron chi connectivity index (χ2n) is 5.33. The standard InChI is InChI=1S/C16H22ClN3O2/c1-2-19-9-11-20(12-10-19)15(21)7-8-18-16(22)13-3-5-14(17)6-4-13/h3-6H,2,7-12H2,1H3,(H,18,22). The minimum Gasteiger partial charge on any atom is -0.352 e. The molecule has 0 unspecified atom stereocenters. The molecule has 1 aliphatic heterocycles. The lowest BCUT2D eigenvalue weighted by Gasteiger charge is -2.34. The Balaban J connectivity index is 1.71. The molecule has 1 aromatic carbocycles. The van der Waals surface area contributed by atoms with Crippen LogP contribution in [0.25, 0.3) is 0 Å². The summed E-state index contributed by atoms with van der Waals surface area (Å²) < 4.78 is 0. The van der Waals surface area contributed by atoms with Gasteiger partial charge in [-0.15, -0.1) is 0 Å². The Kier molecular flexibility index (Phi) is 6.21. The van der Waals surface area contributed by atoms with E-state index in [0.29, 0.717) is 23.6 Å². The Morgan fingerprint density at radius 3 is 2.36 bits per heavy atom. The Labute approximate surface area is 136 Å². The summed E-state index contributed by atoms with van der Waals surface area (Å²) in [4.78, 5) is 28.2. The highest BCUT2D eigenvalue weighted by Gasteiger charge is 2.19. The first-order chi connectivity index (χ1) is 10.6. The third kappa shape index (κ3) is 4.71. The van der Waals surface area contributed by atoms with Crippen LogP contribution in [-0.4, -0.2) is 60.9 Å². The number of hydrogen-bond donors (Lipinski definition) is 1. The van der Waals surface area contributed by atoms with Crippen molar-refractivity contribution in [3.8, 4) is 0 Å². The van der Waals surface area contributed by atoms with E-state index in [1.54, 1.807) is 24.3 Å².